The number of nitrogens with zero attached hydrogens (tertiary/aromatic N) is 4. The van der Waals surface area contributed by atoms with E-state index in [1.807, 2.05) is 55.8 Å². The predicted molar refractivity (Wildman–Crippen MR) is 102 cm³/mol. The highest BCUT2D eigenvalue weighted by atomic mass is 16.2. The van der Waals surface area contributed by atoms with Crippen LogP contribution in [-0.4, -0.2) is 57.3 Å². The molecule has 3 rings (SSSR count). The van der Waals surface area contributed by atoms with Gasteiger partial charge in [0.1, 0.15) is 5.82 Å². The SMILES string of the molecule is Cc1nc2cc(CC(=O)N3CCCN(C(=O)C(C)C)CC3)ccc2n1C. The second-order valence-corrected chi connectivity index (χ2v) is 7.43. The van der Waals surface area contributed by atoms with Gasteiger partial charge < -0.3 is 14.4 Å². The molecular formula is C20H28N4O2. The number of aromatic nitrogens is 2. The molecule has 0 radical (unpaired) electrons. The summed E-state index contributed by atoms with van der Waals surface area (Å²) in [5, 5.41) is 0. The first-order chi connectivity index (χ1) is 12.4. The standard InChI is InChI=1S/C20H28N4O2/c1-14(2)20(26)24-9-5-8-23(10-11-24)19(25)13-16-6-7-18-17(12-16)21-15(3)22(18)4/h6-7,12,14H,5,8-11,13H2,1-4H3. The molecule has 1 saturated heterocycles. The topological polar surface area (TPSA) is 58.4 Å². The van der Waals surface area contributed by atoms with E-state index in [0.717, 1.165) is 35.4 Å². The van der Waals surface area contributed by atoms with Gasteiger partial charge in [-0.25, -0.2) is 4.98 Å². The molecule has 6 heteroatoms. The van der Waals surface area contributed by atoms with Crippen LogP contribution in [0.3, 0.4) is 0 Å². The van der Waals surface area contributed by atoms with Crippen LogP contribution in [0.4, 0.5) is 0 Å². The van der Waals surface area contributed by atoms with Crippen LogP contribution < -0.4 is 0 Å². The molecule has 1 aliphatic heterocycles. The molecule has 6 nitrogen and oxygen atoms in total. The van der Waals surface area contributed by atoms with E-state index in [4.69, 9.17) is 0 Å². The fourth-order valence-electron chi connectivity index (χ4n) is 3.51. The molecule has 1 aromatic carbocycles. The second-order valence-electron chi connectivity index (χ2n) is 7.43. The Kier molecular flexibility index (Phi) is 5.30. The van der Waals surface area contributed by atoms with Crippen molar-refractivity contribution >= 4 is 22.8 Å². The Morgan fingerprint density at radius 3 is 2.54 bits per heavy atom. The van der Waals surface area contributed by atoms with Crippen molar-refractivity contribution in [3.63, 3.8) is 0 Å². The first-order valence-corrected chi connectivity index (χ1v) is 9.35. The highest BCUT2D eigenvalue weighted by Gasteiger charge is 2.23. The van der Waals surface area contributed by atoms with Crippen LogP contribution >= 0.6 is 0 Å². The number of hydrogen-bond donors (Lipinski definition) is 0. The largest absolute Gasteiger partial charge is 0.341 e. The van der Waals surface area contributed by atoms with Crippen molar-refractivity contribution in [2.24, 2.45) is 13.0 Å². The summed E-state index contributed by atoms with van der Waals surface area (Å²) in [6.07, 6.45) is 1.21. The van der Waals surface area contributed by atoms with E-state index in [1.165, 1.54) is 0 Å². The number of benzene rings is 1. The summed E-state index contributed by atoms with van der Waals surface area (Å²) in [6.45, 7) is 8.51. The van der Waals surface area contributed by atoms with Gasteiger partial charge in [-0.2, -0.15) is 0 Å². The van der Waals surface area contributed by atoms with Gasteiger partial charge in [0.15, 0.2) is 0 Å². The van der Waals surface area contributed by atoms with Gasteiger partial charge in [-0.15, -0.1) is 0 Å². The zero-order valence-corrected chi connectivity index (χ0v) is 16.2. The smallest absolute Gasteiger partial charge is 0.227 e. The van der Waals surface area contributed by atoms with Crippen LogP contribution in [0.2, 0.25) is 0 Å². The van der Waals surface area contributed by atoms with Crippen molar-refractivity contribution in [3.05, 3.63) is 29.6 Å². The van der Waals surface area contributed by atoms with Gasteiger partial charge in [0.2, 0.25) is 11.8 Å². The molecule has 0 spiro atoms. The summed E-state index contributed by atoms with van der Waals surface area (Å²) in [5.41, 5.74) is 3.00. The maximum Gasteiger partial charge on any atom is 0.227 e. The number of imidazole rings is 1. The van der Waals surface area contributed by atoms with E-state index in [1.54, 1.807) is 0 Å². The van der Waals surface area contributed by atoms with Gasteiger partial charge >= 0.3 is 0 Å². The van der Waals surface area contributed by atoms with Gasteiger partial charge in [-0.3, -0.25) is 9.59 Å². The third-order valence-electron chi connectivity index (χ3n) is 5.18. The van der Waals surface area contributed by atoms with Crippen molar-refractivity contribution in [1.82, 2.24) is 19.4 Å². The lowest BCUT2D eigenvalue weighted by Crippen LogP contribution is -2.39. The minimum atomic E-state index is 0.00538. The predicted octanol–water partition coefficient (Wildman–Crippen LogP) is 2.14. The molecule has 140 valence electrons. The second kappa shape index (κ2) is 7.48. The first-order valence-electron chi connectivity index (χ1n) is 9.35. The Morgan fingerprint density at radius 1 is 1.12 bits per heavy atom. The lowest BCUT2D eigenvalue weighted by atomic mass is 10.1. The van der Waals surface area contributed by atoms with Gasteiger partial charge in [-0.05, 0) is 31.0 Å². The molecule has 1 aromatic heterocycles. The summed E-state index contributed by atoms with van der Waals surface area (Å²) in [6, 6.07) is 6.05. The molecule has 1 aliphatic rings. The average Bonchev–Trinajstić information content (AvgIpc) is 2.79. The molecule has 0 atom stereocenters. The molecule has 0 aliphatic carbocycles. The first kappa shape index (κ1) is 18.4. The molecule has 2 heterocycles. The van der Waals surface area contributed by atoms with E-state index < -0.39 is 0 Å². The molecule has 0 saturated carbocycles. The van der Waals surface area contributed by atoms with Crippen molar-refractivity contribution in [2.45, 2.75) is 33.6 Å². The van der Waals surface area contributed by atoms with E-state index in [9.17, 15) is 9.59 Å². The number of amides is 2. The Bertz CT molecular complexity index is 825. The van der Waals surface area contributed by atoms with Gasteiger partial charge in [0.25, 0.3) is 0 Å². The molecule has 26 heavy (non-hydrogen) atoms. The quantitative estimate of drug-likeness (QED) is 0.847. The van der Waals surface area contributed by atoms with Crippen LogP contribution in [0.25, 0.3) is 11.0 Å². The summed E-state index contributed by atoms with van der Waals surface area (Å²) in [7, 11) is 2.00. The number of carbonyl (C=O) groups is 2. The van der Waals surface area contributed by atoms with Crippen molar-refractivity contribution in [1.29, 1.82) is 0 Å². The third kappa shape index (κ3) is 3.74. The fourth-order valence-corrected chi connectivity index (χ4v) is 3.51. The van der Waals surface area contributed by atoms with Crippen LogP contribution in [0.1, 0.15) is 31.7 Å². The molecular weight excluding hydrogens is 328 g/mol. The van der Waals surface area contributed by atoms with Gasteiger partial charge in [0, 0.05) is 39.1 Å². The highest BCUT2D eigenvalue weighted by molar-refractivity contribution is 5.82. The zero-order valence-electron chi connectivity index (χ0n) is 16.2. The average molecular weight is 356 g/mol. The Labute approximate surface area is 154 Å². The van der Waals surface area contributed by atoms with Crippen LogP contribution in [-0.2, 0) is 23.1 Å². The van der Waals surface area contributed by atoms with Crippen molar-refractivity contribution in [3.8, 4) is 0 Å². The fraction of sp³-hybridized carbons (Fsp3) is 0.550. The molecule has 0 unspecified atom stereocenters. The molecule has 0 bridgehead atoms. The monoisotopic (exact) mass is 356 g/mol. The minimum absolute atomic E-state index is 0.00538. The van der Waals surface area contributed by atoms with Crippen molar-refractivity contribution in [2.75, 3.05) is 26.2 Å². The summed E-state index contributed by atoms with van der Waals surface area (Å²) >= 11 is 0. The Hall–Kier alpha value is -2.37. The lowest BCUT2D eigenvalue weighted by Gasteiger charge is -2.23. The number of aryl methyl sites for hydroxylation is 2. The summed E-state index contributed by atoms with van der Waals surface area (Å²) in [4.78, 5) is 33.2. The van der Waals surface area contributed by atoms with Crippen LogP contribution in [0.15, 0.2) is 18.2 Å². The maximum absolute atomic E-state index is 12.7. The van der Waals surface area contributed by atoms with Crippen molar-refractivity contribution < 1.29 is 9.59 Å². The number of carbonyl (C=O) groups excluding carboxylic acids is 2. The van der Waals surface area contributed by atoms with E-state index >= 15 is 0 Å². The normalized spacial score (nSPS) is 15.6. The Balaban J connectivity index is 1.65. The number of fused-ring (bicyclic) bond motifs is 1. The minimum Gasteiger partial charge on any atom is -0.341 e. The summed E-state index contributed by atoms with van der Waals surface area (Å²) < 4.78 is 2.05. The van der Waals surface area contributed by atoms with E-state index in [2.05, 4.69) is 9.55 Å². The van der Waals surface area contributed by atoms with Gasteiger partial charge in [0.05, 0.1) is 17.5 Å². The number of hydrogen-bond acceptors (Lipinski definition) is 3. The Morgan fingerprint density at radius 2 is 1.81 bits per heavy atom. The third-order valence-corrected chi connectivity index (χ3v) is 5.18. The van der Waals surface area contributed by atoms with E-state index in [0.29, 0.717) is 26.1 Å². The van der Waals surface area contributed by atoms with Crippen LogP contribution in [0.5, 0.6) is 0 Å². The van der Waals surface area contributed by atoms with Crippen LogP contribution in [0, 0.1) is 12.8 Å². The molecule has 1 fully saturated rings. The molecule has 0 N–H and O–H groups in total. The molecule has 2 aromatic rings. The molecule has 2 amide bonds. The zero-order chi connectivity index (χ0) is 18.8. The number of rotatable bonds is 3. The lowest BCUT2D eigenvalue weighted by molar-refractivity contribution is -0.135. The van der Waals surface area contributed by atoms with Gasteiger partial charge in [-0.1, -0.05) is 19.9 Å². The van der Waals surface area contributed by atoms with E-state index in [-0.39, 0.29) is 17.7 Å². The highest BCUT2D eigenvalue weighted by Crippen LogP contribution is 2.17. The summed E-state index contributed by atoms with van der Waals surface area (Å²) in [5.74, 6) is 1.27. The maximum atomic E-state index is 12.7.